The second-order valence-electron chi connectivity index (χ2n) is 4.69. The van der Waals surface area contributed by atoms with Crippen LogP contribution in [0.25, 0.3) is 0 Å². The van der Waals surface area contributed by atoms with Gasteiger partial charge in [-0.15, -0.1) is 0 Å². The summed E-state index contributed by atoms with van der Waals surface area (Å²) >= 11 is 0. The van der Waals surface area contributed by atoms with Gasteiger partial charge in [-0.2, -0.15) is 8.42 Å². The lowest BCUT2D eigenvalue weighted by atomic mass is 10.2. The second kappa shape index (κ2) is 8.57. The predicted molar refractivity (Wildman–Crippen MR) is 83.5 cm³/mol. The van der Waals surface area contributed by atoms with Crippen molar-refractivity contribution in [3.8, 4) is 0 Å². The molecule has 7 heteroatoms. The van der Waals surface area contributed by atoms with Crippen molar-refractivity contribution in [1.82, 2.24) is 9.97 Å². The topological polar surface area (TPSA) is 89.4 Å². The van der Waals surface area contributed by atoms with Crippen LogP contribution in [0.2, 0.25) is 0 Å². The van der Waals surface area contributed by atoms with Crippen LogP contribution in [0, 0.1) is 0 Å². The van der Waals surface area contributed by atoms with E-state index in [0.717, 1.165) is 17.4 Å². The maximum Gasteiger partial charge on any atom is 0.264 e. The number of pyridine rings is 2. The molecule has 1 N–H and O–H groups in total. The van der Waals surface area contributed by atoms with E-state index in [0.29, 0.717) is 0 Å². The van der Waals surface area contributed by atoms with Crippen molar-refractivity contribution >= 4 is 10.1 Å². The molecule has 120 valence electrons. The molecule has 0 aliphatic heterocycles. The maximum atomic E-state index is 10.8. The van der Waals surface area contributed by atoms with Crippen LogP contribution < -0.4 is 0 Å². The van der Waals surface area contributed by atoms with Crippen molar-refractivity contribution in [3.63, 3.8) is 0 Å². The number of nitrogens with zero attached hydrogens (tertiary/aromatic N) is 2. The van der Waals surface area contributed by atoms with Crippen molar-refractivity contribution in [2.75, 3.05) is 6.26 Å². The maximum absolute atomic E-state index is 10.8. The van der Waals surface area contributed by atoms with Gasteiger partial charge in [-0.25, -0.2) is 0 Å². The van der Waals surface area contributed by atoms with E-state index in [1.807, 2.05) is 12.1 Å². The molecule has 2 atom stereocenters. The Balaban J connectivity index is 0.000000235. The lowest BCUT2D eigenvalue weighted by molar-refractivity contribution is 0.199. The van der Waals surface area contributed by atoms with E-state index in [2.05, 4.69) is 9.97 Å². The molecule has 0 saturated heterocycles. The first-order valence-electron chi connectivity index (χ1n) is 6.66. The van der Waals surface area contributed by atoms with Crippen LogP contribution in [-0.2, 0) is 14.3 Å². The minimum Gasteiger partial charge on any atom is -0.389 e. The van der Waals surface area contributed by atoms with Gasteiger partial charge in [0.15, 0.2) is 0 Å². The van der Waals surface area contributed by atoms with Gasteiger partial charge in [0, 0.05) is 30.4 Å². The Bertz CT molecular complexity index is 646. The number of hydrogen-bond acceptors (Lipinski definition) is 6. The van der Waals surface area contributed by atoms with Crippen molar-refractivity contribution in [2.24, 2.45) is 0 Å². The quantitative estimate of drug-likeness (QED) is 0.868. The summed E-state index contributed by atoms with van der Waals surface area (Å²) in [4.78, 5) is 7.71. The van der Waals surface area contributed by atoms with Crippen LogP contribution in [0.5, 0.6) is 0 Å². The molecule has 0 bridgehead atoms. The van der Waals surface area contributed by atoms with E-state index in [4.69, 9.17) is 9.29 Å². The van der Waals surface area contributed by atoms with Gasteiger partial charge in [0.25, 0.3) is 10.1 Å². The highest BCUT2D eigenvalue weighted by Gasteiger charge is 2.11. The SMILES string of the molecule is CC(O)c1cccnc1.CC(OS(C)(=O)=O)c1cccnc1. The normalized spacial score (nSPS) is 13.6. The highest BCUT2D eigenvalue weighted by atomic mass is 32.2. The van der Waals surface area contributed by atoms with E-state index >= 15 is 0 Å². The van der Waals surface area contributed by atoms with Crippen LogP contribution in [0.15, 0.2) is 49.1 Å². The molecule has 2 rings (SSSR count). The van der Waals surface area contributed by atoms with Crippen LogP contribution in [0.4, 0.5) is 0 Å². The van der Waals surface area contributed by atoms with Gasteiger partial charge in [0.1, 0.15) is 6.10 Å². The molecule has 2 unspecified atom stereocenters. The smallest absolute Gasteiger partial charge is 0.264 e. The van der Waals surface area contributed by atoms with Gasteiger partial charge in [-0.05, 0) is 31.5 Å². The van der Waals surface area contributed by atoms with E-state index < -0.39 is 22.3 Å². The molecule has 2 aromatic heterocycles. The van der Waals surface area contributed by atoms with Crippen LogP contribution >= 0.6 is 0 Å². The number of aliphatic hydroxyl groups excluding tert-OH is 1. The summed E-state index contributed by atoms with van der Waals surface area (Å²) in [5.41, 5.74) is 1.60. The standard InChI is InChI=1S/C8H11NO3S.C7H9NO/c1-7(12-13(2,10)11)8-4-3-5-9-6-8;1-6(9)7-3-2-4-8-5-7/h3-7H,1-2H3;2-6,9H,1H3. The van der Waals surface area contributed by atoms with Crippen LogP contribution in [0.1, 0.15) is 37.2 Å². The zero-order chi connectivity index (χ0) is 16.6. The highest BCUT2D eigenvalue weighted by molar-refractivity contribution is 7.86. The van der Waals surface area contributed by atoms with E-state index in [1.54, 1.807) is 50.8 Å². The Morgan fingerprint density at radius 3 is 1.86 bits per heavy atom. The van der Waals surface area contributed by atoms with Gasteiger partial charge in [-0.1, -0.05) is 12.1 Å². The monoisotopic (exact) mass is 324 g/mol. The Morgan fingerprint density at radius 1 is 1.05 bits per heavy atom. The van der Waals surface area contributed by atoms with Gasteiger partial charge in [-0.3, -0.25) is 14.2 Å². The molecule has 0 amide bonds. The van der Waals surface area contributed by atoms with Gasteiger partial charge < -0.3 is 5.11 Å². The summed E-state index contributed by atoms with van der Waals surface area (Å²) in [7, 11) is -3.40. The summed E-state index contributed by atoms with van der Waals surface area (Å²) in [6.45, 7) is 3.38. The molecule has 6 nitrogen and oxygen atoms in total. The average molecular weight is 324 g/mol. The van der Waals surface area contributed by atoms with Gasteiger partial charge >= 0.3 is 0 Å². The lowest BCUT2D eigenvalue weighted by Gasteiger charge is -2.09. The van der Waals surface area contributed by atoms with Crippen molar-refractivity contribution in [3.05, 3.63) is 60.2 Å². The molecular weight excluding hydrogens is 304 g/mol. The summed E-state index contributed by atoms with van der Waals surface area (Å²) in [6, 6.07) is 7.15. The van der Waals surface area contributed by atoms with Crippen molar-refractivity contribution in [2.45, 2.75) is 26.1 Å². The molecule has 0 spiro atoms. The zero-order valence-electron chi connectivity index (χ0n) is 12.7. The van der Waals surface area contributed by atoms with E-state index in [1.165, 1.54) is 0 Å². The molecule has 0 radical (unpaired) electrons. The highest BCUT2D eigenvalue weighted by Crippen LogP contribution is 2.16. The van der Waals surface area contributed by atoms with E-state index in [-0.39, 0.29) is 0 Å². The summed E-state index contributed by atoms with van der Waals surface area (Å²) in [5.74, 6) is 0. The third-order valence-corrected chi connectivity index (χ3v) is 3.28. The third kappa shape index (κ3) is 7.26. The molecule has 22 heavy (non-hydrogen) atoms. The zero-order valence-corrected chi connectivity index (χ0v) is 13.6. The van der Waals surface area contributed by atoms with E-state index in [9.17, 15) is 8.42 Å². The largest absolute Gasteiger partial charge is 0.389 e. The minimum absolute atomic E-state index is 0.404. The predicted octanol–water partition coefficient (Wildman–Crippen LogP) is 2.25. The Labute approximate surface area is 131 Å². The summed E-state index contributed by atoms with van der Waals surface area (Å²) in [5, 5.41) is 8.98. The second-order valence-corrected chi connectivity index (χ2v) is 6.29. The molecule has 0 aromatic carbocycles. The Morgan fingerprint density at radius 2 is 1.55 bits per heavy atom. The Kier molecular flexibility index (Phi) is 7.10. The number of aliphatic hydroxyl groups is 1. The van der Waals surface area contributed by atoms with Crippen molar-refractivity contribution < 1.29 is 17.7 Å². The number of rotatable bonds is 4. The molecule has 0 aliphatic carbocycles. The lowest BCUT2D eigenvalue weighted by Crippen LogP contribution is -2.07. The fourth-order valence-corrected chi connectivity index (χ4v) is 2.19. The van der Waals surface area contributed by atoms with Crippen LogP contribution in [-0.4, -0.2) is 29.7 Å². The fraction of sp³-hybridized carbons (Fsp3) is 0.333. The molecular formula is C15H20N2O4S. The Hall–Kier alpha value is -1.83. The molecule has 0 saturated carbocycles. The first kappa shape index (κ1) is 18.2. The average Bonchev–Trinajstić information content (AvgIpc) is 2.48. The van der Waals surface area contributed by atoms with Crippen LogP contribution in [0.3, 0.4) is 0 Å². The summed E-state index contributed by atoms with van der Waals surface area (Å²) < 4.78 is 26.3. The molecule has 2 aromatic rings. The fourth-order valence-electron chi connectivity index (χ4n) is 1.56. The first-order valence-corrected chi connectivity index (χ1v) is 8.47. The number of hydrogen-bond donors (Lipinski definition) is 1. The third-order valence-electron chi connectivity index (χ3n) is 2.64. The van der Waals surface area contributed by atoms with Crippen molar-refractivity contribution in [1.29, 1.82) is 0 Å². The number of aromatic nitrogens is 2. The van der Waals surface area contributed by atoms with Gasteiger partial charge in [0.2, 0.25) is 0 Å². The summed E-state index contributed by atoms with van der Waals surface area (Å²) in [6.07, 6.45) is 6.69. The first-order chi connectivity index (χ1) is 10.3. The molecule has 0 fully saturated rings. The molecule has 0 aliphatic rings. The minimum atomic E-state index is -3.40. The molecule has 2 heterocycles. The van der Waals surface area contributed by atoms with Gasteiger partial charge in [0.05, 0.1) is 12.4 Å².